The number of aliphatic hydroxyl groups excluding tert-OH is 1. The Morgan fingerprint density at radius 1 is 1.13 bits per heavy atom. The second-order valence-electron chi connectivity index (χ2n) is 8.62. The van der Waals surface area contributed by atoms with Crippen LogP contribution in [0.1, 0.15) is 20.8 Å². The first-order valence-electron chi connectivity index (χ1n) is 10.1. The van der Waals surface area contributed by atoms with Gasteiger partial charge in [0.15, 0.2) is 11.5 Å². The van der Waals surface area contributed by atoms with Crippen LogP contribution in [0.25, 0.3) is 10.4 Å². The van der Waals surface area contributed by atoms with Crippen LogP contribution < -0.4 is 9.64 Å². The molecule has 31 heavy (non-hydrogen) atoms. The maximum Gasteiger partial charge on any atom is 0.410 e. The van der Waals surface area contributed by atoms with Crippen LogP contribution in [0.15, 0.2) is 53.6 Å². The van der Waals surface area contributed by atoms with Gasteiger partial charge in [0.1, 0.15) is 5.60 Å². The Balaban J connectivity index is 1.76. The van der Waals surface area contributed by atoms with Crippen molar-refractivity contribution in [2.75, 3.05) is 18.0 Å². The maximum absolute atomic E-state index is 12.8. The zero-order valence-corrected chi connectivity index (χ0v) is 17.7. The molecule has 2 aliphatic rings. The van der Waals surface area contributed by atoms with E-state index >= 15 is 0 Å². The lowest BCUT2D eigenvalue weighted by atomic mass is 9.94. The van der Waals surface area contributed by atoms with E-state index in [4.69, 9.17) is 15.0 Å². The molecular formula is C22H25N5O4. The minimum atomic E-state index is -1.01. The highest BCUT2D eigenvalue weighted by Gasteiger charge is 2.44. The molecule has 0 radical (unpaired) electrons. The van der Waals surface area contributed by atoms with E-state index in [-0.39, 0.29) is 13.1 Å². The summed E-state index contributed by atoms with van der Waals surface area (Å²) in [6.07, 6.45) is -1.52. The highest BCUT2D eigenvalue weighted by molar-refractivity contribution is 5.79. The fraction of sp³-hybridized carbons (Fsp3) is 0.409. The Kier molecular flexibility index (Phi) is 5.39. The van der Waals surface area contributed by atoms with Crippen LogP contribution in [0.5, 0.6) is 11.5 Å². The topological polar surface area (TPSA) is 111 Å². The van der Waals surface area contributed by atoms with Crippen molar-refractivity contribution in [2.45, 2.75) is 44.6 Å². The summed E-state index contributed by atoms with van der Waals surface area (Å²) >= 11 is 0. The quantitative estimate of drug-likeness (QED) is 0.431. The summed E-state index contributed by atoms with van der Waals surface area (Å²) in [5.74, 6) is 1.28. The monoisotopic (exact) mass is 423 g/mol. The fourth-order valence-electron chi connectivity index (χ4n) is 3.97. The standard InChI is InChI=1S/C22H25N5O4/c1-22(2,3)31-21(29)26-12-14(24-25-23)20(28)17(13-26)27-15-8-4-6-10-18(15)30-19-11-7-5-9-16(19)27/h4-11,14,17,20,28H,12-13H2,1-3H3/t14?,17?,20-/m0/s1. The van der Waals surface area contributed by atoms with Crippen LogP contribution in [-0.4, -0.2) is 53.0 Å². The zero-order chi connectivity index (χ0) is 22.2. The third-order valence-electron chi connectivity index (χ3n) is 5.26. The zero-order valence-electron chi connectivity index (χ0n) is 17.7. The van der Waals surface area contributed by atoms with Gasteiger partial charge in [0, 0.05) is 18.0 Å². The molecule has 1 saturated heterocycles. The molecule has 0 aromatic heterocycles. The molecule has 1 fully saturated rings. The molecular weight excluding hydrogens is 398 g/mol. The number of azide groups is 1. The molecule has 9 heteroatoms. The number of fused-ring (bicyclic) bond motifs is 2. The van der Waals surface area contributed by atoms with Crippen molar-refractivity contribution in [3.63, 3.8) is 0 Å². The first-order valence-corrected chi connectivity index (χ1v) is 10.1. The van der Waals surface area contributed by atoms with Gasteiger partial charge in [-0.1, -0.05) is 29.4 Å². The van der Waals surface area contributed by atoms with Gasteiger partial charge < -0.3 is 24.4 Å². The number of anilines is 2. The lowest BCUT2D eigenvalue weighted by Gasteiger charge is -2.47. The Labute approximate surface area is 180 Å². The first kappa shape index (κ1) is 20.8. The SMILES string of the molecule is CC(C)(C)OC(=O)N1CC(N=[N+]=[N-])[C@H](O)C(N2c3ccccc3Oc3ccccc32)C1. The van der Waals surface area contributed by atoms with E-state index in [1.54, 1.807) is 20.8 Å². The van der Waals surface area contributed by atoms with Crippen molar-refractivity contribution in [3.8, 4) is 11.5 Å². The minimum Gasteiger partial charge on any atom is -0.453 e. The molecule has 0 bridgehead atoms. The number of ether oxygens (including phenoxy) is 2. The highest BCUT2D eigenvalue weighted by atomic mass is 16.6. The second-order valence-corrected chi connectivity index (χ2v) is 8.62. The van der Waals surface area contributed by atoms with Crippen molar-refractivity contribution in [1.29, 1.82) is 0 Å². The van der Waals surface area contributed by atoms with Gasteiger partial charge in [0.25, 0.3) is 0 Å². The summed E-state index contributed by atoms with van der Waals surface area (Å²) in [5, 5.41) is 14.9. The minimum absolute atomic E-state index is 0.0737. The van der Waals surface area contributed by atoms with Crippen LogP contribution in [0, 0.1) is 0 Å². The largest absolute Gasteiger partial charge is 0.453 e. The molecule has 2 heterocycles. The van der Waals surface area contributed by atoms with Gasteiger partial charge in [-0.3, -0.25) is 0 Å². The molecule has 0 spiro atoms. The molecule has 0 saturated carbocycles. The van der Waals surface area contributed by atoms with Gasteiger partial charge in [0.05, 0.1) is 29.6 Å². The van der Waals surface area contributed by atoms with E-state index in [1.165, 1.54) is 4.90 Å². The van der Waals surface area contributed by atoms with Crippen molar-refractivity contribution in [1.82, 2.24) is 4.90 Å². The average molecular weight is 423 g/mol. The van der Waals surface area contributed by atoms with Crippen LogP contribution >= 0.6 is 0 Å². The summed E-state index contributed by atoms with van der Waals surface area (Å²) in [4.78, 5) is 19.2. The van der Waals surface area contributed by atoms with E-state index in [1.807, 2.05) is 53.4 Å². The Morgan fingerprint density at radius 3 is 2.26 bits per heavy atom. The number of nitrogens with zero attached hydrogens (tertiary/aromatic N) is 5. The molecule has 1 amide bonds. The number of hydrogen-bond acceptors (Lipinski definition) is 6. The number of likely N-dealkylation sites (tertiary alicyclic amines) is 1. The number of carbonyl (C=O) groups excluding carboxylic acids is 1. The van der Waals surface area contributed by atoms with E-state index in [9.17, 15) is 9.90 Å². The van der Waals surface area contributed by atoms with E-state index < -0.39 is 29.9 Å². The summed E-state index contributed by atoms with van der Waals surface area (Å²) in [6, 6.07) is 13.6. The molecule has 0 aliphatic carbocycles. The third kappa shape index (κ3) is 4.10. The summed E-state index contributed by atoms with van der Waals surface area (Å²) in [7, 11) is 0. The predicted molar refractivity (Wildman–Crippen MR) is 116 cm³/mol. The van der Waals surface area contributed by atoms with Crippen molar-refractivity contribution in [2.24, 2.45) is 5.11 Å². The number of hydrogen-bond donors (Lipinski definition) is 1. The molecule has 162 valence electrons. The Morgan fingerprint density at radius 2 is 1.71 bits per heavy atom. The third-order valence-corrected chi connectivity index (χ3v) is 5.26. The predicted octanol–water partition coefficient (Wildman–Crippen LogP) is 4.59. The number of rotatable bonds is 2. The number of para-hydroxylation sites is 4. The number of carbonyl (C=O) groups is 1. The average Bonchev–Trinajstić information content (AvgIpc) is 2.72. The van der Waals surface area contributed by atoms with Crippen LogP contribution in [-0.2, 0) is 4.74 Å². The Hall–Kier alpha value is -3.42. The second kappa shape index (κ2) is 8.02. The van der Waals surface area contributed by atoms with Crippen molar-refractivity contribution < 1.29 is 19.4 Å². The molecule has 2 aliphatic heterocycles. The van der Waals surface area contributed by atoms with Crippen LogP contribution in [0.3, 0.4) is 0 Å². The van der Waals surface area contributed by atoms with E-state index in [2.05, 4.69) is 10.0 Å². The van der Waals surface area contributed by atoms with Gasteiger partial charge in [-0.2, -0.15) is 0 Å². The number of benzene rings is 2. The molecule has 2 unspecified atom stereocenters. The van der Waals surface area contributed by atoms with Gasteiger partial charge in [0.2, 0.25) is 0 Å². The number of aliphatic hydroxyl groups is 1. The molecule has 1 N–H and O–H groups in total. The van der Waals surface area contributed by atoms with Gasteiger partial charge in [-0.25, -0.2) is 4.79 Å². The smallest absolute Gasteiger partial charge is 0.410 e. The van der Waals surface area contributed by atoms with Crippen LogP contribution in [0.2, 0.25) is 0 Å². The van der Waals surface area contributed by atoms with Gasteiger partial charge in [-0.05, 0) is 50.6 Å². The summed E-state index contributed by atoms with van der Waals surface area (Å²) in [6.45, 7) is 5.64. The molecule has 9 nitrogen and oxygen atoms in total. The summed E-state index contributed by atoms with van der Waals surface area (Å²) < 4.78 is 11.6. The molecule has 2 aromatic rings. The lowest BCUT2D eigenvalue weighted by molar-refractivity contribution is -0.00122. The number of amides is 1. The lowest BCUT2D eigenvalue weighted by Crippen LogP contribution is -2.61. The fourth-order valence-corrected chi connectivity index (χ4v) is 3.97. The van der Waals surface area contributed by atoms with Crippen molar-refractivity contribution >= 4 is 17.5 Å². The van der Waals surface area contributed by atoms with Crippen LogP contribution in [0.4, 0.5) is 16.2 Å². The normalized spacial score (nSPS) is 22.5. The first-order chi connectivity index (χ1) is 14.8. The number of piperidine rings is 1. The van der Waals surface area contributed by atoms with Gasteiger partial charge in [-0.15, -0.1) is 0 Å². The van der Waals surface area contributed by atoms with E-state index in [0.29, 0.717) is 11.5 Å². The van der Waals surface area contributed by atoms with Crippen molar-refractivity contribution in [3.05, 3.63) is 59.0 Å². The molecule has 4 rings (SSSR count). The Bertz CT molecular complexity index is 985. The maximum atomic E-state index is 12.8. The highest BCUT2D eigenvalue weighted by Crippen LogP contribution is 2.48. The molecule has 2 aromatic carbocycles. The van der Waals surface area contributed by atoms with Gasteiger partial charge >= 0.3 is 6.09 Å². The molecule has 3 atom stereocenters. The summed E-state index contributed by atoms with van der Waals surface area (Å²) in [5.41, 5.74) is 9.89. The van der Waals surface area contributed by atoms with E-state index in [0.717, 1.165) is 11.4 Å².